The van der Waals surface area contributed by atoms with E-state index in [4.69, 9.17) is 5.73 Å². The first kappa shape index (κ1) is 17.2. The molecule has 2 aromatic rings. The standard InChI is InChI=1S/C17H15F4N3O/c18-15(19)9-3-1-4-10(7-9)24-8-12(22)17(25)23-14-11(16(20)21)5-2-6-13(14)24/h1-7,12,15-16H,8,22H2,(H,23,25)/t12-/m0/s1. The van der Waals surface area contributed by atoms with Gasteiger partial charge in [-0.25, -0.2) is 17.6 Å². The van der Waals surface area contributed by atoms with Crippen LogP contribution in [0.15, 0.2) is 42.5 Å². The van der Waals surface area contributed by atoms with Gasteiger partial charge in [0.25, 0.3) is 12.9 Å². The Morgan fingerprint density at radius 1 is 1.08 bits per heavy atom. The summed E-state index contributed by atoms with van der Waals surface area (Å²) < 4.78 is 52.6. The molecule has 0 saturated carbocycles. The van der Waals surface area contributed by atoms with Crippen LogP contribution in [0.5, 0.6) is 0 Å². The van der Waals surface area contributed by atoms with Crippen molar-refractivity contribution in [3.63, 3.8) is 0 Å². The molecule has 0 fully saturated rings. The van der Waals surface area contributed by atoms with E-state index < -0.39 is 24.8 Å². The van der Waals surface area contributed by atoms with Crippen LogP contribution in [0.25, 0.3) is 0 Å². The summed E-state index contributed by atoms with van der Waals surface area (Å²) in [5.74, 6) is -0.609. The lowest BCUT2D eigenvalue weighted by atomic mass is 10.1. The van der Waals surface area contributed by atoms with Crippen LogP contribution < -0.4 is 16.0 Å². The maximum Gasteiger partial charge on any atom is 0.265 e. The van der Waals surface area contributed by atoms with Crippen LogP contribution in [0, 0.1) is 0 Å². The number of benzene rings is 2. The third-order valence-corrected chi connectivity index (χ3v) is 4.00. The molecule has 25 heavy (non-hydrogen) atoms. The molecule has 0 bridgehead atoms. The van der Waals surface area contributed by atoms with Crippen LogP contribution in [0.2, 0.25) is 0 Å². The average Bonchev–Trinajstić information content (AvgIpc) is 2.71. The highest BCUT2D eigenvalue weighted by Gasteiger charge is 2.29. The van der Waals surface area contributed by atoms with Crippen molar-refractivity contribution in [3.05, 3.63) is 53.6 Å². The van der Waals surface area contributed by atoms with Crippen molar-refractivity contribution >= 4 is 23.0 Å². The summed E-state index contributed by atoms with van der Waals surface area (Å²) in [5.41, 5.74) is 5.83. The number of nitrogens with one attached hydrogen (secondary N) is 1. The molecule has 3 N–H and O–H groups in total. The molecule has 0 saturated heterocycles. The zero-order chi connectivity index (χ0) is 18.1. The van der Waals surface area contributed by atoms with Gasteiger partial charge in [-0.05, 0) is 18.2 Å². The Labute approximate surface area is 141 Å². The number of hydrogen-bond acceptors (Lipinski definition) is 3. The highest BCUT2D eigenvalue weighted by atomic mass is 19.3. The summed E-state index contributed by atoms with van der Waals surface area (Å²) in [4.78, 5) is 13.6. The van der Waals surface area contributed by atoms with E-state index in [0.717, 1.165) is 0 Å². The molecule has 0 radical (unpaired) electrons. The minimum atomic E-state index is -2.81. The van der Waals surface area contributed by atoms with Crippen molar-refractivity contribution in [2.24, 2.45) is 5.73 Å². The van der Waals surface area contributed by atoms with Gasteiger partial charge in [0.05, 0.1) is 11.4 Å². The Morgan fingerprint density at radius 3 is 2.48 bits per heavy atom. The molecule has 8 heteroatoms. The lowest BCUT2D eigenvalue weighted by molar-refractivity contribution is -0.117. The molecule has 1 aliphatic heterocycles. The lowest BCUT2D eigenvalue weighted by Gasteiger charge is -2.26. The van der Waals surface area contributed by atoms with Crippen molar-refractivity contribution in [1.29, 1.82) is 0 Å². The number of fused-ring (bicyclic) bond motifs is 1. The molecule has 0 aliphatic carbocycles. The van der Waals surface area contributed by atoms with Crippen LogP contribution in [-0.2, 0) is 4.79 Å². The fraction of sp³-hybridized carbons (Fsp3) is 0.235. The van der Waals surface area contributed by atoms with Crippen LogP contribution in [-0.4, -0.2) is 18.5 Å². The van der Waals surface area contributed by atoms with E-state index in [0.29, 0.717) is 5.69 Å². The highest BCUT2D eigenvalue weighted by Crippen LogP contribution is 2.40. The number of carbonyl (C=O) groups is 1. The largest absolute Gasteiger partial charge is 0.338 e. The number of anilines is 3. The van der Waals surface area contributed by atoms with Crippen LogP contribution >= 0.6 is 0 Å². The number of nitrogens with two attached hydrogens (primary N) is 1. The molecule has 3 rings (SSSR count). The summed E-state index contributed by atoms with van der Waals surface area (Å²) in [5, 5.41) is 2.43. The van der Waals surface area contributed by atoms with Gasteiger partial charge in [0.15, 0.2) is 0 Å². The molecule has 1 heterocycles. The molecule has 1 aliphatic rings. The number of rotatable bonds is 3. The fourth-order valence-electron chi connectivity index (χ4n) is 2.77. The van der Waals surface area contributed by atoms with E-state index in [1.807, 2.05) is 0 Å². The van der Waals surface area contributed by atoms with E-state index in [1.165, 1.54) is 41.3 Å². The lowest BCUT2D eigenvalue weighted by Crippen LogP contribution is -2.41. The molecule has 2 aromatic carbocycles. The predicted molar refractivity (Wildman–Crippen MR) is 86.4 cm³/mol. The molecular weight excluding hydrogens is 338 g/mol. The molecule has 0 spiro atoms. The van der Waals surface area contributed by atoms with E-state index >= 15 is 0 Å². The minimum absolute atomic E-state index is 0.0295. The Bertz CT molecular complexity index is 797. The van der Waals surface area contributed by atoms with Crippen molar-refractivity contribution in [3.8, 4) is 0 Å². The normalized spacial score (nSPS) is 17.5. The molecule has 0 aromatic heterocycles. The summed E-state index contributed by atoms with van der Waals surface area (Å²) in [6.45, 7) is -0.0295. The zero-order valence-corrected chi connectivity index (χ0v) is 12.9. The summed E-state index contributed by atoms with van der Waals surface area (Å²) in [6, 6.07) is 8.69. The summed E-state index contributed by atoms with van der Waals surface area (Å²) in [6.07, 6.45) is -5.48. The number of amides is 1. The van der Waals surface area contributed by atoms with Crippen LogP contribution in [0.3, 0.4) is 0 Å². The molecule has 132 valence electrons. The smallest absolute Gasteiger partial charge is 0.265 e. The molecule has 4 nitrogen and oxygen atoms in total. The van der Waals surface area contributed by atoms with Crippen molar-refractivity contribution < 1.29 is 22.4 Å². The van der Waals surface area contributed by atoms with Gasteiger partial charge in [-0.3, -0.25) is 4.79 Å². The molecule has 0 unspecified atom stereocenters. The first-order chi connectivity index (χ1) is 11.9. The van der Waals surface area contributed by atoms with E-state index in [1.54, 1.807) is 6.07 Å². The monoisotopic (exact) mass is 353 g/mol. The number of alkyl halides is 4. The number of carbonyl (C=O) groups excluding carboxylic acids is 1. The maximum absolute atomic E-state index is 13.3. The van der Waals surface area contributed by atoms with Crippen LogP contribution in [0.1, 0.15) is 24.0 Å². The summed E-state index contributed by atoms with van der Waals surface area (Å²) in [7, 11) is 0. The van der Waals surface area contributed by atoms with E-state index in [9.17, 15) is 22.4 Å². The van der Waals surface area contributed by atoms with Crippen LogP contribution in [0.4, 0.5) is 34.6 Å². The van der Waals surface area contributed by atoms with Crippen molar-refractivity contribution in [2.45, 2.75) is 18.9 Å². The number of para-hydroxylation sites is 1. The third kappa shape index (κ3) is 3.30. The SMILES string of the molecule is N[C@H]1CN(c2cccc(C(F)F)c2)c2cccc(C(F)F)c2NC1=O. The summed E-state index contributed by atoms with van der Waals surface area (Å²) >= 11 is 0. The van der Waals surface area contributed by atoms with Gasteiger partial charge in [-0.1, -0.05) is 24.3 Å². The first-order valence-electron chi connectivity index (χ1n) is 7.51. The van der Waals surface area contributed by atoms with Gasteiger partial charge >= 0.3 is 0 Å². The van der Waals surface area contributed by atoms with E-state index in [-0.39, 0.29) is 29.0 Å². The first-order valence-corrected chi connectivity index (χ1v) is 7.51. The second-order valence-corrected chi connectivity index (χ2v) is 5.64. The second-order valence-electron chi connectivity index (χ2n) is 5.64. The van der Waals surface area contributed by atoms with Gasteiger partial charge in [-0.2, -0.15) is 0 Å². The Kier molecular flexibility index (Phi) is 4.63. The molecule has 1 amide bonds. The predicted octanol–water partition coefficient (Wildman–Crippen LogP) is 3.98. The number of halogens is 4. The Morgan fingerprint density at radius 2 is 1.80 bits per heavy atom. The van der Waals surface area contributed by atoms with Crippen molar-refractivity contribution in [2.75, 3.05) is 16.8 Å². The van der Waals surface area contributed by atoms with Gasteiger partial charge in [-0.15, -0.1) is 0 Å². The second kappa shape index (κ2) is 6.72. The molecular formula is C17H15F4N3O. The van der Waals surface area contributed by atoms with Gasteiger partial charge in [0.2, 0.25) is 5.91 Å². The number of hydrogen-bond donors (Lipinski definition) is 2. The topological polar surface area (TPSA) is 58.4 Å². The van der Waals surface area contributed by atoms with Crippen molar-refractivity contribution in [1.82, 2.24) is 0 Å². The van der Waals surface area contributed by atoms with Gasteiger partial charge in [0, 0.05) is 23.4 Å². The third-order valence-electron chi connectivity index (χ3n) is 4.00. The highest BCUT2D eigenvalue weighted by molar-refractivity contribution is 6.01. The zero-order valence-electron chi connectivity index (χ0n) is 12.9. The maximum atomic E-state index is 13.3. The molecule has 1 atom stereocenters. The number of nitrogens with zero attached hydrogens (tertiary/aromatic N) is 1. The minimum Gasteiger partial charge on any atom is -0.338 e. The van der Waals surface area contributed by atoms with Gasteiger partial charge in [0.1, 0.15) is 6.04 Å². The quantitative estimate of drug-likeness (QED) is 0.821. The fourth-order valence-corrected chi connectivity index (χ4v) is 2.77. The Balaban J connectivity index is 2.16. The van der Waals surface area contributed by atoms with E-state index in [2.05, 4.69) is 5.32 Å². The Hall–Kier alpha value is -2.61. The van der Waals surface area contributed by atoms with Gasteiger partial charge < -0.3 is 16.0 Å². The average molecular weight is 353 g/mol.